The number of hydrogen-bond acceptors (Lipinski definition) is 8. The summed E-state index contributed by atoms with van der Waals surface area (Å²) >= 11 is 0. The van der Waals surface area contributed by atoms with Crippen LogP contribution in [0.4, 0.5) is 0 Å². The molecule has 0 radical (unpaired) electrons. The minimum Gasteiger partial charge on any atom is -0.394 e. The molecule has 0 saturated heterocycles. The van der Waals surface area contributed by atoms with Gasteiger partial charge in [0.25, 0.3) is 0 Å². The Kier molecular flexibility index (Phi) is 10.4. The summed E-state index contributed by atoms with van der Waals surface area (Å²) in [6, 6.07) is -1.32. The highest BCUT2D eigenvalue weighted by Gasteiger charge is 2.31. The maximum absolute atomic E-state index is 10.6. The standard InChI is InChI=1S/C8H15NO6.C2H6O2S/c1-4(12)9-5(2-10)7(14)8(15)6(13)3-11;1-5(2,3)4/h2,5-8,11,13-15H,3H2,1H3,(H,9,12);1-2H3/t5-,6+,7+,8+;/m0./s1. The number of nitrogens with one attached hydrogen (secondary N) is 1. The number of aldehydes is 1. The Hall–Kier alpha value is -1.07. The first-order valence-corrected chi connectivity index (χ1v) is 7.76. The highest BCUT2D eigenvalue weighted by Crippen LogP contribution is 2.03. The lowest BCUT2D eigenvalue weighted by atomic mass is 10.0. The van der Waals surface area contributed by atoms with Crippen molar-refractivity contribution in [3.05, 3.63) is 0 Å². The number of aliphatic hydroxyl groups excluding tert-OH is 4. The largest absolute Gasteiger partial charge is 0.394 e. The molecule has 0 rings (SSSR count). The molecule has 0 aliphatic heterocycles. The van der Waals surface area contributed by atoms with E-state index in [-0.39, 0.29) is 6.29 Å². The second-order valence-corrected chi connectivity index (χ2v) is 6.52. The first-order chi connectivity index (χ1) is 8.93. The fourth-order valence-electron chi connectivity index (χ4n) is 0.983. The summed E-state index contributed by atoms with van der Waals surface area (Å²) in [5.74, 6) is -0.558. The molecule has 10 heteroatoms. The van der Waals surface area contributed by atoms with Crippen molar-refractivity contribution in [1.82, 2.24) is 5.32 Å². The van der Waals surface area contributed by atoms with E-state index in [0.717, 1.165) is 19.4 Å². The lowest BCUT2D eigenvalue weighted by Gasteiger charge is -2.25. The topological polar surface area (TPSA) is 161 Å². The Morgan fingerprint density at radius 3 is 1.85 bits per heavy atom. The zero-order chi connectivity index (χ0) is 16.5. The summed E-state index contributed by atoms with van der Waals surface area (Å²) in [4.78, 5) is 21.1. The number of rotatable bonds is 6. The second kappa shape index (κ2) is 9.77. The Labute approximate surface area is 117 Å². The number of carbonyl (C=O) groups is 2. The summed E-state index contributed by atoms with van der Waals surface area (Å²) < 4.78 is 19.3. The van der Waals surface area contributed by atoms with Gasteiger partial charge in [-0.05, 0) is 0 Å². The van der Waals surface area contributed by atoms with Gasteiger partial charge >= 0.3 is 0 Å². The van der Waals surface area contributed by atoms with Crippen molar-refractivity contribution in [3.63, 3.8) is 0 Å². The van der Waals surface area contributed by atoms with E-state index in [1.54, 1.807) is 0 Å². The van der Waals surface area contributed by atoms with Crippen LogP contribution < -0.4 is 5.32 Å². The molecule has 0 saturated carbocycles. The van der Waals surface area contributed by atoms with Crippen LogP contribution in [0, 0.1) is 0 Å². The monoisotopic (exact) mass is 315 g/mol. The number of amides is 1. The van der Waals surface area contributed by atoms with Gasteiger partial charge in [0, 0.05) is 19.4 Å². The Morgan fingerprint density at radius 2 is 1.60 bits per heavy atom. The fraction of sp³-hybridized carbons (Fsp3) is 0.800. The van der Waals surface area contributed by atoms with E-state index in [1.165, 1.54) is 0 Å². The van der Waals surface area contributed by atoms with Crippen molar-refractivity contribution in [1.29, 1.82) is 0 Å². The van der Waals surface area contributed by atoms with E-state index in [4.69, 9.17) is 10.2 Å². The van der Waals surface area contributed by atoms with E-state index in [1.807, 2.05) is 0 Å². The highest BCUT2D eigenvalue weighted by molar-refractivity contribution is 7.89. The Morgan fingerprint density at radius 1 is 1.20 bits per heavy atom. The van der Waals surface area contributed by atoms with E-state index in [9.17, 15) is 28.2 Å². The van der Waals surface area contributed by atoms with E-state index in [2.05, 4.69) is 5.32 Å². The predicted molar refractivity (Wildman–Crippen MR) is 69.5 cm³/mol. The molecule has 5 N–H and O–H groups in total. The predicted octanol–water partition coefficient (Wildman–Crippen LogP) is -3.57. The van der Waals surface area contributed by atoms with Gasteiger partial charge in [-0.25, -0.2) is 8.42 Å². The molecule has 0 spiro atoms. The third-order valence-corrected chi connectivity index (χ3v) is 1.82. The van der Waals surface area contributed by atoms with Crippen molar-refractivity contribution in [2.45, 2.75) is 31.3 Å². The molecule has 0 aliphatic rings. The molecule has 0 bridgehead atoms. The molecular weight excluding hydrogens is 294 g/mol. The molecule has 0 heterocycles. The van der Waals surface area contributed by atoms with Crippen molar-refractivity contribution < 1.29 is 38.4 Å². The molecule has 0 aromatic rings. The average Bonchev–Trinajstić information content (AvgIpc) is 2.30. The molecule has 0 aliphatic carbocycles. The highest BCUT2D eigenvalue weighted by atomic mass is 32.2. The number of carbonyl (C=O) groups excluding carboxylic acids is 2. The molecular formula is C10H21NO8S. The van der Waals surface area contributed by atoms with Crippen molar-refractivity contribution >= 4 is 22.0 Å². The van der Waals surface area contributed by atoms with Crippen LogP contribution in [0.15, 0.2) is 0 Å². The van der Waals surface area contributed by atoms with Gasteiger partial charge in [0.15, 0.2) is 0 Å². The van der Waals surface area contributed by atoms with Gasteiger partial charge in [-0.1, -0.05) is 0 Å². The quantitative estimate of drug-likeness (QED) is 0.314. The minimum absolute atomic E-state index is 0.235. The lowest BCUT2D eigenvalue weighted by Crippen LogP contribution is -2.53. The van der Waals surface area contributed by atoms with Crippen LogP contribution in [-0.2, 0) is 19.4 Å². The maximum Gasteiger partial charge on any atom is 0.217 e. The van der Waals surface area contributed by atoms with Crippen molar-refractivity contribution in [3.8, 4) is 0 Å². The van der Waals surface area contributed by atoms with Crippen LogP contribution in [0.25, 0.3) is 0 Å². The second-order valence-electron chi connectivity index (χ2n) is 4.24. The van der Waals surface area contributed by atoms with Crippen LogP contribution in [-0.4, -0.2) is 84.5 Å². The summed E-state index contributed by atoms with van der Waals surface area (Å²) in [5, 5.41) is 38.2. The van der Waals surface area contributed by atoms with Gasteiger partial charge < -0.3 is 30.5 Å². The summed E-state index contributed by atoms with van der Waals surface area (Å²) in [6.07, 6.45) is -2.40. The smallest absolute Gasteiger partial charge is 0.217 e. The van der Waals surface area contributed by atoms with Gasteiger partial charge in [-0.3, -0.25) is 4.79 Å². The van der Waals surface area contributed by atoms with Crippen LogP contribution in [0.3, 0.4) is 0 Å². The van der Waals surface area contributed by atoms with Gasteiger partial charge in [0.1, 0.15) is 40.5 Å². The summed E-state index contributed by atoms with van der Waals surface area (Å²) in [6.45, 7) is 0.377. The molecule has 0 aromatic carbocycles. The molecule has 0 aromatic heterocycles. The Bertz CT molecular complexity index is 388. The van der Waals surface area contributed by atoms with Crippen molar-refractivity contribution in [2.24, 2.45) is 0 Å². The maximum atomic E-state index is 10.6. The van der Waals surface area contributed by atoms with Gasteiger partial charge in [-0.15, -0.1) is 0 Å². The molecule has 120 valence electrons. The normalized spacial score (nSPS) is 16.9. The molecule has 0 unspecified atom stereocenters. The zero-order valence-electron chi connectivity index (χ0n) is 11.4. The van der Waals surface area contributed by atoms with Crippen LogP contribution in [0.1, 0.15) is 6.92 Å². The van der Waals surface area contributed by atoms with Crippen molar-refractivity contribution in [2.75, 3.05) is 19.1 Å². The number of hydrogen-bond donors (Lipinski definition) is 5. The van der Waals surface area contributed by atoms with Gasteiger partial charge in [-0.2, -0.15) is 0 Å². The average molecular weight is 315 g/mol. The molecule has 0 fully saturated rings. The van der Waals surface area contributed by atoms with E-state index >= 15 is 0 Å². The number of sulfone groups is 1. The third-order valence-electron chi connectivity index (χ3n) is 1.82. The summed E-state index contributed by atoms with van der Waals surface area (Å²) in [5.41, 5.74) is 0. The third kappa shape index (κ3) is 12.0. The van der Waals surface area contributed by atoms with Crippen LogP contribution >= 0.6 is 0 Å². The summed E-state index contributed by atoms with van der Waals surface area (Å²) in [7, 11) is -2.67. The molecule has 1 amide bonds. The van der Waals surface area contributed by atoms with Gasteiger partial charge in [0.2, 0.25) is 5.91 Å². The van der Waals surface area contributed by atoms with E-state index in [0.29, 0.717) is 0 Å². The van der Waals surface area contributed by atoms with Crippen LogP contribution in [0.2, 0.25) is 0 Å². The van der Waals surface area contributed by atoms with E-state index < -0.39 is 46.7 Å². The number of aliphatic hydroxyl groups is 4. The van der Waals surface area contributed by atoms with Gasteiger partial charge in [0.05, 0.1) is 6.61 Å². The SMILES string of the molecule is CC(=O)N[C@@H](C=O)[C@@H](O)[C@H](O)[C@H](O)CO.CS(C)(=O)=O. The lowest BCUT2D eigenvalue weighted by molar-refractivity contribution is -0.129. The molecule has 4 atom stereocenters. The molecule has 20 heavy (non-hydrogen) atoms. The first-order valence-electron chi connectivity index (χ1n) is 5.46. The first kappa shape index (κ1) is 21.2. The zero-order valence-corrected chi connectivity index (χ0v) is 12.2. The molecule has 9 nitrogen and oxygen atoms in total. The van der Waals surface area contributed by atoms with Crippen LogP contribution in [0.5, 0.6) is 0 Å². The minimum atomic E-state index is -2.67. The Balaban J connectivity index is 0. The fourth-order valence-corrected chi connectivity index (χ4v) is 0.983.